The molecule has 1 aromatic carbocycles. The maximum absolute atomic E-state index is 11.7. The minimum absolute atomic E-state index is 0.170. The highest BCUT2D eigenvalue weighted by Gasteiger charge is 2.37. The van der Waals surface area contributed by atoms with Gasteiger partial charge in [0.2, 0.25) is 0 Å². The van der Waals surface area contributed by atoms with Gasteiger partial charge in [-0.3, -0.25) is 9.59 Å². The van der Waals surface area contributed by atoms with Crippen LogP contribution in [0.4, 0.5) is 5.69 Å². The topological polar surface area (TPSA) is 37.4 Å². The van der Waals surface area contributed by atoms with Crippen molar-refractivity contribution in [2.24, 2.45) is 0 Å². The Kier molecular flexibility index (Phi) is 2.01. The highest BCUT2D eigenvalue weighted by Crippen LogP contribution is 2.27. The Morgan fingerprint density at radius 3 is 1.80 bits per heavy atom. The molecule has 3 heteroatoms. The van der Waals surface area contributed by atoms with Gasteiger partial charge in [0.1, 0.15) is 0 Å². The van der Waals surface area contributed by atoms with Gasteiger partial charge in [-0.05, 0) is 12.1 Å². The molecule has 2 rings (SSSR count). The van der Waals surface area contributed by atoms with Crippen LogP contribution in [0.3, 0.4) is 0 Å². The van der Waals surface area contributed by atoms with E-state index in [1.807, 2.05) is 6.07 Å². The molecule has 1 aromatic rings. The van der Waals surface area contributed by atoms with E-state index < -0.39 is 11.8 Å². The van der Waals surface area contributed by atoms with Crippen LogP contribution in [0.2, 0.25) is 0 Å². The molecule has 1 aliphatic heterocycles. The number of carbonyl (C=O) groups excluding carboxylic acids is 2. The summed E-state index contributed by atoms with van der Waals surface area (Å²) in [6.07, 6.45) is 0. The van der Waals surface area contributed by atoms with Crippen LogP contribution in [0.1, 0.15) is 0 Å². The van der Waals surface area contributed by atoms with E-state index in [1.165, 1.54) is 0 Å². The van der Waals surface area contributed by atoms with Gasteiger partial charge < -0.3 is 0 Å². The molecule has 2 amide bonds. The van der Waals surface area contributed by atoms with Gasteiger partial charge in [0.05, 0.1) is 5.69 Å². The number of hydrogen-bond donors (Lipinski definition) is 0. The van der Waals surface area contributed by atoms with Crippen molar-refractivity contribution in [3.63, 3.8) is 0 Å². The smallest absolute Gasteiger partial charge is 0.265 e. The maximum atomic E-state index is 11.7. The van der Waals surface area contributed by atoms with Crippen molar-refractivity contribution in [1.29, 1.82) is 0 Å². The molecule has 1 aliphatic rings. The monoisotopic (exact) mass is 199 g/mol. The number of nitrogens with zero attached hydrogens (tertiary/aromatic N) is 1. The predicted molar refractivity (Wildman–Crippen MR) is 57.2 cm³/mol. The summed E-state index contributed by atoms with van der Waals surface area (Å²) in [4.78, 5) is 24.4. The molecule has 15 heavy (non-hydrogen) atoms. The van der Waals surface area contributed by atoms with Gasteiger partial charge in [0.15, 0.2) is 0 Å². The van der Waals surface area contributed by atoms with E-state index in [1.54, 1.807) is 24.3 Å². The normalized spacial score (nSPS) is 16.4. The average Bonchev–Trinajstić information content (AvgIpc) is 2.45. The summed E-state index contributed by atoms with van der Waals surface area (Å²) in [5.41, 5.74) is 0.889. The van der Waals surface area contributed by atoms with Crippen LogP contribution in [0, 0.1) is 0 Å². The van der Waals surface area contributed by atoms with Gasteiger partial charge in [-0.2, -0.15) is 0 Å². The van der Waals surface area contributed by atoms with Gasteiger partial charge >= 0.3 is 0 Å². The Labute approximate surface area is 87.3 Å². The van der Waals surface area contributed by atoms with Crippen molar-refractivity contribution in [1.82, 2.24) is 0 Å². The molecule has 0 aromatic heterocycles. The number of hydrogen-bond acceptors (Lipinski definition) is 2. The molecule has 0 bridgehead atoms. The van der Waals surface area contributed by atoms with Crippen LogP contribution in [-0.2, 0) is 9.59 Å². The fourth-order valence-electron chi connectivity index (χ4n) is 1.43. The molecule has 1 saturated heterocycles. The fraction of sp³-hybridized carbons (Fsp3) is 0. The van der Waals surface area contributed by atoms with Crippen molar-refractivity contribution in [3.05, 3.63) is 54.6 Å². The van der Waals surface area contributed by atoms with E-state index >= 15 is 0 Å². The molecule has 1 heterocycles. The first-order valence-electron chi connectivity index (χ1n) is 4.45. The molecule has 0 N–H and O–H groups in total. The zero-order valence-electron chi connectivity index (χ0n) is 8.06. The molecule has 0 unspecified atom stereocenters. The van der Waals surface area contributed by atoms with Crippen molar-refractivity contribution >= 4 is 17.5 Å². The van der Waals surface area contributed by atoms with Crippen molar-refractivity contribution in [2.75, 3.05) is 4.90 Å². The van der Waals surface area contributed by atoms with E-state index in [0.717, 1.165) is 4.90 Å². The highest BCUT2D eigenvalue weighted by molar-refractivity contribution is 6.36. The fourth-order valence-corrected chi connectivity index (χ4v) is 1.43. The molecular formula is C12H9NO2. The van der Waals surface area contributed by atoms with Gasteiger partial charge in [0, 0.05) is 11.1 Å². The molecule has 0 aliphatic carbocycles. The SMILES string of the molecule is C=C1C(=C)C(=O)N(c2ccccc2)C1=O. The lowest BCUT2D eigenvalue weighted by Crippen LogP contribution is -2.28. The van der Waals surface area contributed by atoms with Crippen LogP contribution in [0.5, 0.6) is 0 Å². The quantitative estimate of drug-likeness (QED) is 0.509. The molecular weight excluding hydrogens is 190 g/mol. The van der Waals surface area contributed by atoms with Crippen LogP contribution < -0.4 is 4.90 Å². The minimum Gasteiger partial charge on any atom is -0.268 e. The summed E-state index contributed by atoms with van der Waals surface area (Å²) in [6.45, 7) is 7.06. The Hall–Kier alpha value is -2.16. The van der Waals surface area contributed by atoms with E-state index in [0.29, 0.717) is 5.69 Å². The zero-order chi connectivity index (χ0) is 11.0. The molecule has 1 fully saturated rings. The lowest BCUT2D eigenvalue weighted by molar-refractivity contribution is -0.119. The Morgan fingerprint density at radius 2 is 1.33 bits per heavy atom. The first-order valence-corrected chi connectivity index (χ1v) is 4.45. The summed E-state index contributed by atoms with van der Waals surface area (Å²) < 4.78 is 0. The number of rotatable bonds is 1. The van der Waals surface area contributed by atoms with E-state index in [9.17, 15) is 9.59 Å². The standard InChI is InChI=1S/C12H9NO2/c1-8-9(2)12(15)13(11(8)14)10-6-4-3-5-7-10/h3-7H,1-2H2. The van der Waals surface area contributed by atoms with E-state index in [-0.39, 0.29) is 11.1 Å². The molecule has 0 atom stereocenters. The minimum atomic E-state index is -0.392. The lowest BCUT2D eigenvalue weighted by Gasteiger charge is -2.12. The highest BCUT2D eigenvalue weighted by atomic mass is 16.2. The molecule has 0 saturated carbocycles. The van der Waals surface area contributed by atoms with Crippen LogP contribution in [0.15, 0.2) is 54.6 Å². The summed E-state index contributed by atoms with van der Waals surface area (Å²) in [5.74, 6) is -0.785. The molecule has 0 radical (unpaired) electrons. The van der Waals surface area contributed by atoms with Gasteiger partial charge in [0.25, 0.3) is 11.8 Å². The first-order chi connectivity index (χ1) is 7.13. The number of carbonyl (C=O) groups is 2. The number of imide groups is 1. The lowest BCUT2D eigenvalue weighted by atomic mass is 10.2. The van der Waals surface area contributed by atoms with E-state index in [2.05, 4.69) is 13.2 Å². The van der Waals surface area contributed by atoms with Crippen LogP contribution in [-0.4, -0.2) is 11.8 Å². The summed E-state index contributed by atoms with van der Waals surface area (Å²) in [6, 6.07) is 8.74. The maximum Gasteiger partial charge on any atom is 0.265 e. The first kappa shape index (κ1) is 9.40. The number of benzene rings is 1. The molecule has 3 nitrogen and oxygen atoms in total. The van der Waals surface area contributed by atoms with Crippen LogP contribution >= 0.6 is 0 Å². The van der Waals surface area contributed by atoms with Gasteiger partial charge in [-0.1, -0.05) is 31.4 Å². The summed E-state index contributed by atoms with van der Waals surface area (Å²) in [7, 11) is 0. The van der Waals surface area contributed by atoms with Gasteiger partial charge in [-0.15, -0.1) is 0 Å². The average molecular weight is 199 g/mol. The predicted octanol–water partition coefficient (Wildman–Crippen LogP) is 1.67. The van der Waals surface area contributed by atoms with Crippen LogP contribution in [0.25, 0.3) is 0 Å². The van der Waals surface area contributed by atoms with Gasteiger partial charge in [-0.25, -0.2) is 4.90 Å². The second-order valence-corrected chi connectivity index (χ2v) is 3.24. The third kappa shape index (κ3) is 1.29. The number of para-hydroxylation sites is 1. The van der Waals surface area contributed by atoms with E-state index in [4.69, 9.17) is 0 Å². The molecule has 74 valence electrons. The van der Waals surface area contributed by atoms with Crippen molar-refractivity contribution in [3.8, 4) is 0 Å². The third-order valence-electron chi connectivity index (χ3n) is 2.30. The van der Waals surface area contributed by atoms with Crippen molar-refractivity contribution in [2.45, 2.75) is 0 Å². The third-order valence-corrected chi connectivity index (χ3v) is 2.30. The number of amides is 2. The number of anilines is 1. The summed E-state index contributed by atoms with van der Waals surface area (Å²) in [5, 5.41) is 0. The Balaban J connectivity index is 2.48. The second-order valence-electron chi connectivity index (χ2n) is 3.24. The summed E-state index contributed by atoms with van der Waals surface area (Å²) >= 11 is 0. The van der Waals surface area contributed by atoms with Crippen molar-refractivity contribution < 1.29 is 9.59 Å². The molecule has 0 spiro atoms. The Morgan fingerprint density at radius 1 is 0.867 bits per heavy atom. The zero-order valence-corrected chi connectivity index (χ0v) is 8.06. The largest absolute Gasteiger partial charge is 0.268 e. The second kappa shape index (κ2) is 3.20. The Bertz CT molecular complexity index is 448.